The van der Waals surface area contributed by atoms with Gasteiger partial charge in [-0.1, -0.05) is 351 Å². The molecule has 1 atom stereocenters. The van der Waals surface area contributed by atoms with E-state index in [4.69, 9.17) is 14.2 Å². The SMILES string of the molecule is CC/C=C\C/C=C\C/C=C\CCCCCC(=O)OCC(COC(=O)CCCCCCCCCCCCCCCCCCCCCCC/C=C\C/C=C\CCCCCCC)OC(=O)CCCCCCCCCCCCCCCCCCCCC. The monoisotopic (exact) mass is 1160 g/mol. The van der Waals surface area contributed by atoms with Crippen LogP contribution >= 0.6 is 0 Å². The molecule has 6 nitrogen and oxygen atoms in total. The predicted octanol–water partition coefficient (Wildman–Crippen LogP) is 25.5. The molecule has 0 aromatic rings. The van der Waals surface area contributed by atoms with Gasteiger partial charge in [-0.2, -0.15) is 0 Å². The molecule has 0 N–H and O–H groups in total. The molecule has 0 aromatic heterocycles. The van der Waals surface area contributed by atoms with Gasteiger partial charge in [0.2, 0.25) is 0 Å². The molecule has 0 amide bonds. The quantitative estimate of drug-likeness (QED) is 0.0261. The number of hydrogen-bond donors (Lipinski definition) is 0. The van der Waals surface area contributed by atoms with Gasteiger partial charge in [-0.05, 0) is 83.5 Å². The van der Waals surface area contributed by atoms with Crippen LogP contribution in [0.1, 0.15) is 393 Å². The minimum atomic E-state index is -0.784. The summed E-state index contributed by atoms with van der Waals surface area (Å²) < 4.78 is 17.0. The number of unbranched alkanes of at least 4 members (excludes halogenated alkanes) is 47. The van der Waals surface area contributed by atoms with Gasteiger partial charge in [0.25, 0.3) is 0 Å². The van der Waals surface area contributed by atoms with Crippen molar-refractivity contribution in [2.75, 3.05) is 13.2 Å². The zero-order valence-corrected chi connectivity index (χ0v) is 55.7. The van der Waals surface area contributed by atoms with Gasteiger partial charge in [-0.25, -0.2) is 0 Å². The first-order valence-corrected chi connectivity index (χ1v) is 36.8. The van der Waals surface area contributed by atoms with Gasteiger partial charge < -0.3 is 14.2 Å². The van der Waals surface area contributed by atoms with E-state index in [1.165, 1.54) is 263 Å². The maximum absolute atomic E-state index is 12.9. The van der Waals surface area contributed by atoms with Gasteiger partial charge in [0, 0.05) is 19.3 Å². The number of carbonyl (C=O) groups excluding carboxylic acids is 3. The van der Waals surface area contributed by atoms with Gasteiger partial charge in [0.05, 0.1) is 0 Å². The molecule has 6 heteroatoms. The van der Waals surface area contributed by atoms with Crippen LogP contribution in [-0.4, -0.2) is 37.2 Å². The molecule has 0 heterocycles. The van der Waals surface area contributed by atoms with Crippen LogP contribution in [0.15, 0.2) is 60.8 Å². The highest BCUT2D eigenvalue weighted by molar-refractivity contribution is 5.71. The highest BCUT2D eigenvalue weighted by Gasteiger charge is 2.19. The lowest BCUT2D eigenvalue weighted by Crippen LogP contribution is -2.30. The van der Waals surface area contributed by atoms with Gasteiger partial charge in [0.15, 0.2) is 6.10 Å². The van der Waals surface area contributed by atoms with E-state index in [1.807, 2.05) is 0 Å². The summed E-state index contributed by atoms with van der Waals surface area (Å²) in [6, 6.07) is 0. The van der Waals surface area contributed by atoms with E-state index in [-0.39, 0.29) is 31.1 Å². The molecule has 0 aromatic carbocycles. The van der Waals surface area contributed by atoms with Crippen molar-refractivity contribution in [2.24, 2.45) is 0 Å². The Morgan fingerprint density at radius 3 is 0.747 bits per heavy atom. The molecule has 484 valence electrons. The molecule has 0 spiro atoms. The van der Waals surface area contributed by atoms with Crippen molar-refractivity contribution in [1.82, 2.24) is 0 Å². The fraction of sp³-hybridized carbons (Fsp3) is 0.831. The standard InChI is InChI=1S/C77H140O6/c1-4-7-10-13-16-19-22-25-27-29-31-32-33-34-35-36-37-38-39-40-41-42-43-44-46-47-49-52-55-58-61-64-67-70-76(79)82-73-74(72-81-75(78)69-66-63-60-57-54-51-24-21-18-15-12-9-6-3)83-77(80)71-68-65-62-59-56-53-50-48-45-30-28-26-23-20-17-14-11-8-5-2/h9,12,18,21-22,25,29,31,51,54,74H,4-8,10-11,13-17,19-20,23-24,26-28,30,32-50,52-53,55-73H2,1-3H3/b12-9-,21-18-,25-22-,31-29-,54-51-. The molecule has 0 fully saturated rings. The lowest BCUT2D eigenvalue weighted by molar-refractivity contribution is -0.167. The van der Waals surface area contributed by atoms with E-state index >= 15 is 0 Å². The van der Waals surface area contributed by atoms with Crippen molar-refractivity contribution in [3.8, 4) is 0 Å². The van der Waals surface area contributed by atoms with Crippen molar-refractivity contribution >= 4 is 17.9 Å². The van der Waals surface area contributed by atoms with Gasteiger partial charge in [-0.3, -0.25) is 14.4 Å². The van der Waals surface area contributed by atoms with Crippen molar-refractivity contribution in [2.45, 2.75) is 399 Å². The van der Waals surface area contributed by atoms with Gasteiger partial charge >= 0.3 is 17.9 Å². The Balaban J connectivity index is 4.14. The molecule has 0 bridgehead atoms. The zero-order valence-electron chi connectivity index (χ0n) is 55.7. The Morgan fingerprint density at radius 1 is 0.253 bits per heavy atom. The van der Waals surface area contributed by atoms with Crippen LogP contribution < -0.4 is 0 Å². The van der Waals surface area contributed by atoms with E-state index in [9.17, 15) is 14.4 Å². The Labute approximate surface area is 517 Å². The van der Waals surface area contributed by atoms with Gasteiger partial charge in [-0.15, -0.1) is 0 Å². The number of carbonyl (C=O) groups is 3. The molecule has 0 radical (unpaired) electrons. The van der Waals surface area contributed by atoms with Crippen LogP contribution in [-0.2, 0) is 28.6 Å². The fourth-order valence-electron chi connectivity index (χ4n) is 11.0. The Morgan fingerprint density at radius 2 is 0.470 bits per heavy atom. The van der Waals surface area contributed by atoms with E-state index in [2.05, 4.69) is 81.5 Å². The van der Waals surface area contributed by atoms with Crippen molar-refractivity contribution in [1.29, 1.82) is 0 Å². The number of esters is 3. The fourth-order valence-corrected chi connectivity index (χ4v) is 11.0. The van der Waals surface area contributed by atoms with Gasteiger partial charge in [0.1, 0.15) is 13.2 Å². The third kappa shape index (κ3) is 69.8. The molecule has 0 aliphatic rings. The predicted molar refractivity (Wildman–Crippen MR) is 362 cm³/mol. The largest absolute Gasteiger partial charge is 0.462 e. The topological polar surface area (TPSA) is 78.9 Å². The number of rotatable bonds is 68. The van der Waals surface area contributed by atoms with E-state index in [1.54, 1.807) is 0 Å². The number of hydrogen-bond acceptors (Lipinski definition) is 6. The van der Waals surface area contributed by atoms with E-state index in [0.717, 1.165) is 89.9 Å². The zero-order chi connectivity index (χ0) is 59.9. The van der Waals surface area contributed by atoms with Crippen molar-refractivity contribution in [3.05, 3.63) is 60.8 Å². The molecular formula is C77H140O6. The highest BCUT2D eigenvalue weighted by Crippen LogP contribution is 2.19. The molecule has 0 saturated carbocycles. The van der Waals surface area contributed by atoms with Crippen LogP contribution in [0.5, 0.6) is 0 Å². The first-order chi connectivity index (χ1) is 41.0. The lowest BCUT2D eigenvalue weighted by atomic mass is 10.0. The molecule has 83 heavy (non-hydrogen) atoms. The molecule has 1 unspecified atom stereocenters. The Bertz CT molecular complexity index is 1470. The van der Waals surface area contributed by atoms with Crippen LogP contribution in [0.4, 0.5) is 0 Å². The number of allylic oxidation sites excluding steroid dienone is 10. The first kappa shape index (κ1) is 80.1. The average Bonchev–Trinajstić information content (AvgIpc) is 3.49. The summed E-state index contributed by atoms with van der Waals surface area (Å²) in [5.74, 6) is -0.882. The summed E-state index contributed by atoms with van der Waals surface area (Å²) in [4.78, 5) is 38.4. The summed E-state index contributed by atoms with van der Waals surface area (Å²) in [6.45, 7) is 6.56. The number of ether oxygens (including phenoxy) is 3. The Kier molecular flexibility index (Phi) is 69.1. The smallest absolute Gasteiger partial charge is 0.306 e. The van der Waals surface area contributed by atoms with Crippen molar-refractivity contribution < 1.29 is 28.6 Å². The molecule has 0 saturated heterocycles. The summed E-state index contributed by atoms with van der Waals surface area (Å²) in [7, 11) is 0. The summed E-state index contributed by atoms with van der Waals surface area (Å²) in [5, 5.41) is 0. The van der Waals surface area contributed by atoms with Crippen molar-refractivity contribution in [3.63, 3.8) is 0 Å². The second-order valence-electron chi connectivity index (χ2n) is 24.8. The summed E-state index contributed by atoms with van der Waals surface area (Å²) >= 11 is 0. The Hall–Kier alpha value is -2.89. The first-order valence-electron chi connectivity index (χ1n) is 36.8. The lowest BCUT2D eigenvalue weighted by Gasteiger charge is -2.18. The third-order valence-electron chi connectivity index (χ3n) is 16.5. The van der Waals surface area contributed by atoms with Crippen LogP contribution in [0.3, 0.4) is 0 Å². The normalized spacial score (nSPS) is 12.4. The molecule has 0 rings (SSSR count). The second kappa shape index (κ2) is 71.6. The summed E-state index contributed by atoms with van der Waals surface area (Å²) in [5.41, 5.74) is 0. The minimum absolute atomic E-state index is 0.0781. The maximum Gasteiger partial charge on any atom is 0.306 e. The van der Waals surface area contributed by atoms with Crippen LogP contribution in [0.2, 0.25) is 0 Å². The minimum Gasteiger partial charge on any atom is -0.462 e. The van der Waals surface area contributed by atoms with E-state index in [0.29, 0.717) is 19.3 Å². The van der Waals surface area contributed by atoms with E-state index < -0.39 is 6.10 Å². The highest BCUT2D eigenvalue weighted by atomic mass is 16.6. The van der Waals surface area contributed by atoms with Crippen LogP contribution in [0, 0.1) is 0 Å². The average molecular weight is 1160 g/mol. The molecular weight excluding hydrogens is 1020 g/mol. The van der Waals surface area contributed by atoms with Crippen LogP contribution in [0.25, 0.3) is 0 Å². The molecule has 0 aliphatic heterocycles. The second-order valence-corrected chi connectivity index (χ2v) is 24.8. The summed E-state index contributed by atoms with van der Waals surface area (Å²) in [6.07, 6.45) is 92.8. The third-order valence-corrected chi connectivity index (χ3v) is 16.5. The maximum atomic E-state index is 12.9. The molecule has 0 aliphatic carbocycles.